The molecule has 1 amide bonds. The molecule has 8 heteroatoms. The maximum absolute atomic E-state index is 12.5. The third kappa shape index (κ3) is 3.00. The number of nitrogens with one attached hydrogen (secondary N) is 1. The first kappa shape index (κ1) is 16.5. The molecule has 1 aromatic heterocycles. The van der Waals surface area contributed by atoms with Crippen molar-refractivity contribution < 1.29 is 14.1 Å². The lowest BCUT2D eigenvalue weighted by atomic mass is 10.1. The molecule has 1 heterocycles. The highest BCUT2D eigenvalue weighted by molar-refractivity contribution is 9.10. The van der Waals surface area contributed by atoms with Gasteiger partial charge in [0.2, 0.25) is 0 Å². The van der Waals surface area contributed by atoms with Crippen LogP contribution in [0.4, 0.5) is 11.4 Å². The fourth-order valence-corrected chi connectivity index (χ4v) is 2.89. The van der Waals surface area contributed by atoms with Gasteiger partial charge in [0.05, 0.1) is 15.6 Å². The fraction of sp³-hybridized carbons (Fsp3) is 0.0625. The van der Waals surface area contributed by atoms with Gasteiger partial charge in [-0.3, -0.25) is 14.9 Å². The lowest BCUT2D eigenvalue weighted by molar-refractivity contribution is -0.384. The second-order valence-corrected chi connectivity index (χ2v) is 6.39. The van der Waals surface area contributed by atoms with Gasteiger partial charge in [-0.2, -0.15) is 0 Å². The summed E-state index contributed by atoms with van der Waals surface area (Å²) in [4.78, 5) is 22.6. The van der Waals surface area contributed by atoms with Crippen molar-refractivity contribution >= 4 is 55.8 Å². The molecule has 0 aliphatic heterocycles. The van der Waals surface area contributed by atoms with Gasteiger partial charge in [0.1, 0.15) is 5.58 Å². The third-order valence-electron chi connectivity index (χ3n) is 3.52. The predicted molar refractivity (Wildman–Crippen MR) is 94.7 cm³/mol. The Balaban J connectivity index is 1.93. The van der Waals surface area contributed by atoms with Crippen molar-refractivity contribution in [3.05, 3.63) is 67.3 Å². The highest BCUT2D eigenvalue weighted by Crippen LogP contribution is 2.30. The fourth-order valence-electron chi connectivity index (χ4n) is 2.31. The summed E-state index contributed by atoms with van der Waals surface area (Å²) in [6, 6.07) is 9.28. The molecular formula is C16H10BrClN2O4. The van der Waals surface area contributed by atoms with Gasteiger partial charge in [-0.1, -0.05) is 27.5 Å². The molecule has 24 heavy (non-hydrogen) atoms. The Morgan fingerprint density at radius 2 is 2.04 bits per heavy atom. The summed E-state index contributed by atoms with van der Waals surface area (Å²) < 4.78 is 6.48. The van der Waals surface area contributed by atoms with Crippen molar-refractivity contribution in [1.29, 1.82) is 0 Å². The van der Waals surface area contributed by atoms with Crippen LogP contribution in [-0.4, -0.2) is 10.8 Å². The van der Waals surface area contributed by atoms with Crippen LogP contribution in [0.1, 0.15) is 16.1 Å². The zero-order chi connectivity index (χ0) is 17.4. The highest BCUT2D eigenvalue weighted by Gasteiger charge is 2.19. The van der Waals surface area contributed by atoms with Gasteiger partial charge in [0, 0.05) is 27.6 Å². The van der Waals surface area contributed by atoms with Gasteiger partial charge in [-0.05, 0) is 31.2 Å². The van der Waals surface area contributed by atoms with Gasteiger partial charge in [0.25, 0.3) is 11.6 Å². The minimum Gasteiger partial charge on any atom is -0.451 e. The number of carbonyl (C=O) groups is 1. The van der Waals surface area contributed by atoms with E-state index in [2.05, 4.69) is 21.2 Å². The van der Waals surface area contributed by atoms with E-state index >= 15 is 0 Å². The first-order chi connectivity index (χ1) is 11.4. The largest absolute Gasteiger partial charge is 0.451 e. The summed E-state index contributed by atoms with van der Waals surface area (Å²) in [5, 5.41) is 14.2. The minimum absolute atomic E-state index is 0.0778. The van der Waals surface area contributed by atoms with E-state index in [4.69, 9.17) is 16.0 Å². The zero-order valence-corrected chi connectivity index (χ0v) is 14.6. The number of aryl methyl sites for hydroxylation is 1. The van der Waals surface area contributed by atoms with E-state index in [0.717, 1.165) is 9.86 Å². The summed E-state index contributed by atoms with van der Waals surface area (Å²) >= 11 is 9.37. The van der Waals surface area contributed by atoms with E-state index in [1.54, 1.807) is 13.0 Å². The van der Waals surface area contributed by atoms with Crippen LogP contribution in [0.25, 0.3) is 11.0 Å². The number of non-ortho nitro benzene ring substituents is 1. The number of halogens is 2. The van der Waals surface area contributed by atoms with Gasteiger partial charge < -0.3 is 9.73 Å². The maximum atomic E-state index is 12.5. The normalized spacial score (nSPS) is 10.8. The monoisotopic (exact) mass is 408 g/mol. The van der Waals surface area contributed by atoms with Crippen LogP contribution in [0.5, 0.6) is 0 Å². The molecule has 0 saturated carbocycles. The lowest BCUT2D eigenvalue weighted by Crippen LogP contribution is -2.12. The Kier molecular flexibility index (Phi) is 4.29. The number of benzene rings is 2. The van der Waals surface area contributed by atoms with Gasteiger partial charge in [0.15, 0.2) is 5.76 Å². The van der Waals surface area contributed by atoms with Crippen molar-refractivity contribution in [3.63, 3.8) is 0 Å². The first-order valence-electron chi connectivity index (χ1n) is 6.81. The molecule has 0 aliphatic rings. The molecule has 0 bridgehead atoms. The third-order valence-corrected chi connectivity index (χ3v) is 4.32. The summed E-state index contributed by atoms with van der Waals surface area (Å²) in [6.45, 7) is 1.78. The molecule has 0 fully saturated rings. The topological polar surface area (TPSA) is 85.4 Å². The highest BCUT2D eigenvalue weighted by atomic mass is 79.9. The molecule has 1 N–H and O–H groups in total. The molecule has 0 saturated heterocycles. The number of nitrogens with zero attached hydrogens (tertiary/aromatic N) is 1. The molecule has 0 aliphatic carbocycles. The van der Waals surface area contributed by atoms with E-state index in [-0.39, 0.29) is 22.2 Å². The number of hydrogen-bond donors (Lipinski definition) is 1. The Hall–Kier alpha value is -2.38. The Labute approximate surface area is 149 Å². The number of amides is 1. The number of furan rings is 1. The number of anilines is 1. The number of hydrogen-bond acceptors (Lipinski definition) is 4. The SMILES string of the molecule is Cc1c(C(=O)Nc2ccc([N+](=O)[O-])cc2Cl)oc2ccc(Br)cc12. The molecule has 6 nitrogen and oxygen atoms in total. The van der Waals surface area contributed by atoms with Gasteiger partial charge in [-0.25, -0.2) is 0 Å². The Morgan fingerprint density at radius 1 is 1.29 bits per heavy atom. The summed E-state index contributed by atoms with van der Waals surface area (Å²) in [7, 11) is 0. The van der Waals surface area contributed by atoms with Crippen LogP contribution in [0.3, 0.4) is 0 Å². The number of carbonyl (C=O) groups excluding carboxylic acids is 1. The molecule has 3 rings (SSSR count). The van der Waals surface area contributed by atoms with Crippen molar-refractivity contribution in [3.8, 4) is 0 Å². The van der Waals surface area contributed by atoms with Crippen LogP contribution >= 0.6 is 27.5 Å². The van der Waals surface area contributed by atoms with Crippen LogP contribution in [0.15, 0.2) is 45.3 Å². The van der Waals surface area contributed by atoms with Gasteiger partial charge >= 0.3 is 0 Å². The molecule has 0 spiro atoms. The zero-order valence-electron chi connectivity index (χ0n) is 12.3. The van der Waals surface area contributed by atoms with E-state index in [0.29, 0.717) is 11.1 Å². The van der Waals surface area contributed by atoms with E-state index in [1.807, 2.05) is 12.1 Å². The summed E-state index contributed by atoms with van der Waals surface area (Å²) in [5.41, 5.74) is 1.41. The van der Waals surface area contributed by atoms with E-state index in [9.17, 15) is 14.9 Å². The molecule has 122 valence electrons. The van der Waals surface area contributed by atoms with E-state index < -0.39 is 10.8 Å². The summed E-state index contributed by atoms with van der Waals surface area (Å²) in [5.74, 6) is -0.312. The maximum Gasteiger partial charge on any atom is 0.291 e. The average Bonchev–Trinajstić information content (AvgIpc) is 2.86. The first-order valence-corrected chi connectivity index (χ1v) is 7.98. The molecule has 0 radical (unpaired) electrons. The molecule has 3 aromatic rings. The van der Waals surface area contributed by atoms with Crippen LogP contribution in [-0.2, 0) is 0 Å². The van der Waals surface area contributed by atoms with Crippen LogP contribution in [0.2, 0.25) is 5.02 Å². The van der Waals surface area contributed by atoms with Crippen LogP contribution < -0.4 is 5.32 Å². The van der Waals surface area contributed by atoms with Crippen molar-refractivity contribution in [2.45, 2.75) is 6.92 Å². The van der Waals surface area contributed by atoms with Crippen molar-refractivity contribution in [1.82, 2.24) is 0 Å². The smallest absolute Gasteiger partial charge is 0.291 e. The lowest BCUT2D eigenvalue weighted by Gasteiger charge is -2.06. The number of rotatable bonds is 3. The standard InChI is InChI=1S/C16H10BrClN2O4/c1-8-11-6-9(17)2-5-14(11)24-15(8)16(21)19-13-4-3-10(20(22)23)7-12(13)18/h2-7H,1H3,(H,19,21). The molecular weight excluding hydrogens is 400 g/mol. The Bertz CT molecular complexity index is 984. The summed E-state index contributed by atoms with van der Waals surface area (Å²) in [6.07, 6.45) is 0. The number of fused-ring (bicyclic) bond motifs is 1. The second kappa shape index (κ2) is 6.26. The van der Waals surface area contributed by atoms with Crippen molar-refractivity contribution in [2.24, 2.45) is 0 Å². The Morgan fingerprint density at radius 3 is 2.71 bits per heavy atom. The molecule has 0 atom stereocenters. The van der Waals surface area contributed by atoms with Gasteiger partial charge in [-0.15, -0.1) is 0 Å². The molecule has 0 unspecified atom stereocenters. The van der Waals surface area contributed by atoms with Crippen molar-refractivity contribution in [2.75, 3.05) is 5.32 Å². The van der Waals surface area contributed by atoms with E-state index in [1.165, 1.54) is 18.2 Å². The minimum atomic E-state index is -0.557. The number of nitro benzene ring substituents is 1. The predicted octanol–water partition coefficient (Wildman–Crippen LogP) is 5.32. The average molecular weight is 410 g/mol. The number of nitro groups is 1. The molecule has 2 aromatic carbocycles. The van der Waals surface area contributed by atoms with Crippen LogP contribution in [0, 0.1) is 17.0 Å². The second-order valence-electron chi connectivity index (χ2n) is 5.07. The quantitative estimate of drug-likeness (QED) is 0.469.